The van der Waals surface area contributed by atoms with Gasteiger partial charge in [-0.25, -0.2) is 0 Å². The van der Waals surface area contributed by atoms with E-state index in [4.69, 9.17) is 33.2 Å². The number of benzene rings is 2. The number of hydrogen-bond donors (Lipinski definition) is 1. The van der Waals surface area contributed by atoms with Crippen LogP contribution in [0, 0.1) is 22.2 Å². The molecule has 0 unspecified atom stereocenters. The molecule has 35 heavy (non-hydrogen) atoms. The first kappa shape index (κ1) is 25.4. The summed E-state index contributed by atoms with van der Waals surface area (Å²) in [5, 5.41) is 12.7. The van der Waals surface area contributed by atoms with E-state index in [2.05, 4.69) is 50.1 Å². The molecular formula is C28H31Cl2N3O2. The fourth-order valence-electron chi connectivity index (χ4n) is 5.70. The first-order chi connectivity index (χ1) is 16.6. The second kappa shape index (κ2) is 9.76. The number of anilines is 1. The van der Waals surface area contributed by atoms with Gasteiger partial charge < -0.3 is 15.0 Å². The number of ether oxygens (including phenoxy) is 1. The molecule has 0 bridgehead atoms. The maximum Gasteiger partial charge on any atom is 0.251 e. The second-order valence-corrected chi connectivity index (χ2v) is 11.2. The van der Waals surface area contributed by atoms with Gasteiger partial charge in [-0.2, -0.15) is 5.26 Å². The maximum absolute atomic E-state index is 13.1. The molecule has 0 spiro atoms. The Morgan fingerprint density at radius 3 is 2.40 bits per heavy atom. The highest BCUT2D eigenvalue weighted by Crippen LogP contribution is 2.55. The SMILES string of the molecule is CC1(C)[C@H](NC(=O)c2ccc(N3CC=C(CCl)CC3)cc2)C(C)(C)[C@H]1Oc1ccc(C#N)c(Cl)c1. The van der Waals surface area contributed by atoms with Gasteiger partial charge in [-0.3, -0.25) is 4.79 Å². The molecule has 1 amide bonds. The summed E-state index contributed by atoms with van der Waals surface area (Å²) in [7, 11) is 0. The van der Waals surface area contributed by atoms with Gasteiger partial charge in [0, 0.05) is 53.2 Å². The topological polar surface area (TPSA) is 65.4 Å². The van der Waals surface area contributed by atoms with Crippen LogP contribution in [0.25, 0.3) is 0 Å². The quantitative estimate of drug-likeness (QED) is 0.370. The first-order valence-electron chi connectivity index (χ1n) is 11.8. The molecule has 7 heteroatoms. The predicted octanol–water partition coefficient (Wildman–Crippen LogP) is 6.20. The van der Waals surface area contributed by atoms with Crippen LogP contribution in [0.3, 0.4) is 0 Å². The highest BCUT2D eigenvalue weighted by Gasteiger charge is 2.64. The smallest absolute Gasteiger partial charge is 0.251 e. The zero-order valence-electron chi connectivity index (χ0n) is 20.6. The lowest BCUT2D eigenvalue weighted by atomic mass is 9.49. The van der Waals surface area contributed by atoms with Gasteiger partial charge in [0.2, 0.25) is 0 Å². The molecule has 2 aliphatic rings. The Morgan fingerprint density at radius 2 is 1.86 bits per heavy atom. The van der Waals surface area contributed by atoms with Crippen molar-refractivity contribution in [1.82, 2.24) is 5.32 Å². The number of nitrogens with one attached hydrogen (secondary N) is 1. The van der Waals surface area contributed by atoms with Gasteiger partial charge in [-0.1, -0.05) is 50.9 Å². The van der Waals surface area contributed by atoms with Crippen LogP contribution in [0.2, 0.25) is 5.02 Å². The molecule has 1 N–H and O–H groups in total. The van der Waals surface area contributed by atoms with Crippen molar-refractivity contribution in [1.29, 1.82) is 5.26 Å². The Morgan fingerprint density at radius 1 is 1.17 bits per heavy atom. The molecule has 1 heterocycles. The molecular weight excluding hydrogens is 481 g/mol. The molecule has 1 aliphatic carbocycles. The number of carbonyl (C=O) groups excluding carboxylic acids is 1. The molecule has 1 aliphatic heterocycles. The minimum Gasteiger partial charge on any atom is -0.489 e. The van der Waals surface area contributed by atoms with Crippen LogP contribution in [-0.4, -0.2) is 37.0 Å². The van der Waals surface area contributed by atoms with Crippen molar-refractivity contribution >= 4 is 34.8 Å². The highest BCUT2D eigenvalue weighted by atomic mass is 35.5. The van der Waals surface area contributed by atoms with E-state index in [0.29, 0.717) is 27.8 Å². The number of nitrogens with zero attached hydrogens (tertiary/aromatic N) is 2. The molecule has 2 aromatic rings. The number of halogens is 2. The summed E-state index contributed by atoms with van der Waals surface area (Å²) >= 11 is 12.1. The average molecular weight is 512 g/mol. The predicted molar refractivity (Wildman–Crippen MR) is 141 cm³/mol. The van der Waals surface area contributed by atoms with E-state index >= 15 is 0 Å². The van der Waals surface area contributed by atoms with E-state index in [1.807, 2.05) is 24.3 Å². The van der Waals surface area contributed by atoms with Crippen molar-refractivity contribution in [2.75, 3.05) is 23.9 Å². The Hall–Kier alpha value is -2.68. The van der Waals surface area contributed by atoms with E-state index < -0.39 is 0 Å². The van der Waals surface area contributed by atoms with E-state index in [9.17, 15) is 4.79 Å². The fourth-order valence-corrected chi connectivity index (χ4v) is 6.16. The Balaban J connectivity index is 1.42. The lowest BCUT2D eigenvalue weighted by molar-refractivity contribution is -0.164. The molecule has 1 fully saturated rings. The standard InChI is InChI=1S/C28H31Cl2N3O2/c1-27(2)25(28(3,4)26(27)35-22-10-7-20(17-31)23(30)15-22)32-24(34)19-5-8-21(9-6-19)33-13-11-18(16-29)12-14-33/h5-11,15,25-26H,12-14,16H2,1-4H3,(H,32,34)/t25-,26-. The monoisotopic (exact) mass is 511 g/mol. The van der Waals surface area contributed by atoms with Gasteiger partial charge in [0.1, 0.15) is 17.9 Å². The lowest BCUT2D eigenvalue weighted by Gasteiger charge is -2.63. The zero-order chi connectivity index (χ0) is 25.4. The van der Waals surface area contributed by atoms with Gasteiger partial charge in [0.25, 0.3) is 5.91 Å². The Labute approximate surface area is 217 Å². The normalized spacial score (nSPS) is 22.4. The lowest BCUT2D eigenvalue weighted by Crippen LogP contribution is -2.74. The van der Waals surface area contributed by atoms with E-state index in [1.54, 1.807) is 18.2 Å². The Bertz CT molecular complexity index is 1170. The summed E-state index contributed by atoms with van der Waals surface area (Å²) < 4.78 is 6.31. The van der Waals surface area contributed by atoms with Gasteiger partial charge >= 0.3 is 0 Å². The molecule has 0 radical (unpaired) electrons. The van der Waals surface area contributed by atoms with Crippen LogP contribution in [0.1, 0.15) is 50.0 Å². The second-order valence-electron chi connectivity index (χ2n) is 10.5. The molecule has 2 aromatic carbocycles. The van der Waals surface area contributed by atoms with E-state index in [-0.39, 0.29) is 28.9 Å². The molecule has 0 aromatic heterocycles. The maximum atomic E-state index is 13.1. The van der Waals surface area contributed by atoms with Crippen LogP contribution in [-0.2, 0) is 0 Å². The van der Waals surface area contributed by atoms with Crippen LogP contribution in [0.15, 0.2) is 54.1 Å². The number of nitriles is 1. The number of carbonyl (C=O) groups is 1. The summed E-state index contributed by atoms with van der Waals surface area (Å²) in [4.78, 5) is 15.4. The van der Waals surface area contributed by atoms with Crippen molar-refractivity contribution in [3.05, 3.63) is 70.3 Å². The van der Waals surface area contributed by atoms with Gasteiger partial charge in [-0.15, -0.1) is 11.6 Å². The first-order valence-corrected chi connectivity index (χ1v) is 12.7. The third kappa shape index (κ3) is 4.87. The van der Waals surface area contributed by atoms with Crippen LogP contribution < -0.4 is 15.0 Å². The van der Waals surface area contributed by atoms with Crippen LogP contribution in [0.5, 0.6) is 5.75 Å². The minimum absolute atomic E-state index is 0.0813. The summed E-state index contributed by atoms with van der Waals surface area (Å²) in [6.45, 7) is 10.2. The Kier molecular flexibility index (Phi) is 7.09. The van der Waals surface area contributed by atoms with E-state index in [1.165, 1.54) is 5.57 Å². The molecule has 1 saturated carbocycles. The minimum atomic E-state index is -0.306. The zero-order valence-corrected chi connectivity index (χ0v) is 22.1. The average Bonchev–Trinajstić information content (AvgIpc) is 2.85. The molecule has 184 valence electrons. The summed E-state index contributed by atoms with van der Waals surface area (Å²) in [5.41, 5.74) is 2.83. The van der Waals surface area contributed by atoms with Crippen molar-refractivity contribution < 1.29 is 9.53 Å². The third-order valence-electron chi connectivity index (χ3n) is 7.40. The molecule has 4 rings (SSSR count). The van der Waals surface area contributed by atoms with Crippen molar-refractivity contribution in [2.24, 2.45) is 10.8 Å². The van der Waals surface area contributed by atoms with Crippen molar-refractivity contribution in [3.8, 4) is 11.8 Å². The fraction of sp³-hybridized carbons (Fsp3) is 0.429. The third-order valence-corrected chi connectivity index (χ3v) is 8.06. The number of amides is 1. The van der Waals surface area contributed by atoms with Gasteiger partial charge in [0.15, 0.2) is 0 Å². The molecule has 5 nitrogen and oxygen atoms in total. The van der Waals surface area contributed by atoms with Crippen LogP contribution >= 0.6 is 23.2 Å². The highest BCUT2D eigenvalue weighted by molar-refractivity contribution is 6.31. The summed E-state index contributed by atoms with van der Waals surface area (Å²) in [6, 6.07) is 14.9. The van der Waals surface area contributed by atoms with E-state index in [0.717, 1.165) is 25.2 Å². The molecule has 0 saturated heterocycles. The summed E-state index contributed by atoms with van der Waals surface area (Å²) in [6.07, 6.45) is 3.01. The largest absolute Gasteiger partial charge is 0.489 e. The van der Waals surface area contributed by atoms with Gasteiger partial charge in [0.05, 0.1) is 10.6 Å². The van der Waals surface area contributed by atoms with Crippen molar-refractivity contribution in [3.63, 3.8) is 0 Å². The van der Waals surface area contributed by atoms with Crippen molar-refractivity contribution in [2.45, 2.75) is 46.3 Å². The number of alkyl halides is 1. The summed E-state index contributed by atoms with van der Waals surface area (Å²) in [5.74, 6) is 1.12. The number of hydrogen-bond acceptors (Lipinski definition) is 4. The number of rotatable bonds is 6. The van der Waals surface area contributed by atoms with Gasteiger partial charge in [-0.05, 0) is 42.8 Å². The molecule has 0 atom stereocenters. The van der Waals surface area contributed by atoms with Crippen LogP contribution in [0.4, 0.5) is 5.69 Å².